The van der Waals surface area contributed by atoms with Gasteiger partial charge in [0.1, 0.15) is 0 Å². The molecule has 0 fully saturated rings. The zero-order valence-corrected chi connectivity index (χ0v) is 5.63. The van der Waals surface area contributed by atoms with Crippen LogP contribution in [-0.4, -0.2) is 24.2 Å². The molecule has 0 amide bonds. The highest BCUT2D eigenvalue weighted by Gasteiger charge is 1.88. The largest absolute Gasteiger partial charge is 0.304 e. The van der Waals surface area contributed by atoms with E-state index in [0.717, 1.165) is 0 Å². The predicted molar refractivity (Wildman–Crippen MR) is 34.5 cm³/mol. The zero-order chi connectivity index (χ0) is 6.57. The maximum Gasteiger partial charge on any atom is 0.0241 e. The van der Waals surface area contributed by atoms with Crippen LogP contribution >= 0.6 is 0 Å². The molecule has 0 atom stereocenters. The number of nitrogens with two attached hydrogens (primary N) is 1. The van der Waals surface area contributed by atoms with Crippen molar-refractivity contribution >= 4 is 0 Å². The SMILES string of the molecule is C/C=C\N(C)N(C)N. The summed E-state index contributed by atoms with van der Waals surface area (Å²) in [6.45, 7) is 1.94. The van der Waals surface area contributed by atoms with E-state index in [1.165, 1.54) is 5.12 Å². The molecule has 0 aromatic heterocycles. The molecule has 0 aliphatic carbocycles. The number of hydrazine groups is 2. The summed E-state index contributed by atoms with van der Waals surface area (Å²) in [5.74, 6) is 5.33. The second-order valence-electron chi connectivity index (χ2n) is 1.63. The summed E-state index contributed by atoms with van der Waals surface area (Å²) in [6, 6.07) is 0. The van der Waals surface area contributed by atoms with Crippen LogP contribution in [0, 0.1) is 0 Å². The van der Waals surface area contributed by atoms with Crippen molar-refractivity contribution in [3.05, 3.63) is 12.3 Å². The molecule has 0 rings (SSSR count). The van der Waals surface area contributed by atoms with Crippen LogP contribution in [-0.2, 0) is 0 Å². The Morgan fingerprint density at radius 1 is 1.38 bits per heavy atom. The number of allylic oxidation sites excluding steroid dienone is 1. The lowest BCUT2D eigenvalue weighted by molar-refractivity contribution is 0.0808. The summed E-state index contributed by atoms with van der Waals surface area (Å²) < 4.78 is 0. The summed E-state index contributed by atoms with van der Waals surface area (Å²) in [4.78, 5) is 0. The number of hydrogen-bond donors (Lipinski definition) is 1. The van der Waals surface area contributed by atoms with E-state index in [9.17, 15) is 0 Å². The van der Waals surface area contributed by atoms with Gasteiger partial charge in [0.2, 0.25) is 0 Å². The molecule has 0 aromatic rings. The Morgan fingerprint density at radius 2 is 1.88 bits per heavy atom. The third kappa shape index (κ3) is 2.60. The zero-order valence-electron chi connectivity index (χ0n) is 5.63. The quantitative estimate of drug-likeness (QED) is 0.411. The van der Waals surface area contributed by atoms with Gasteiger partial charge in [-0.25, -0.2) is 0 Å². The third-order valence-corrected chi connectivity index (χ3v) is 0.862. The van der Waals surface area contributed by atoms with Crippen molar-refractivity contribution in [1.29, 1.82) is 0 Å². The van der Waals surface area contributed by atoms with Crippen LogP contribution in [0.2, 0.25) is 0 Å². The van der Waals surface area contributed by atoms with Crippen molar-refractivity contribution in [1.82, 2.24) is 10.1 Å². The molecule has 0 aromatic carbocycles. The van der Waals surface area contributed by atoms with Crippen LogP contribution in [0.5, 0.6) is 0 Å². The minimum absolute atomic E-state index is 1.50. The molecule has 2 N–H and O–H groups in total. The Hall–Kier alpha value is -0.540. The van der Waals surface area contributed by atoms with Gasteiger partial charge in [-0.2, -0.15) is 5.12 Å². The Kier molecular flexibility index (Phi) is 3.23. The molecule has 0 unspecified atom stereocenters. The van der Waals surface area contributed by atoms with E-state index < -0.39 is 0 Å². The fourth-order valence-electron chi connectivity index (χ4n) is 0.321. The van der Waals surface area contributed by atoms with Gasteiger partial charge in [0, 0.05) is 20.3 Å². The maximum absolute atomic E-state index is 5.33. The van der Waals surface area contributed by atoms with Gasteiger partial charge in [-0.15, -0.1) is 0 Å². The Balaban J connectivity index is 3.47. The molecule has 0 saturated heterocycles. The van der Waals surface area contributed by atoms with Gasteiger partial charge in [-0.3, -0.25) is 5.84 Å². The van der Waals surface area contributed by atoms with Crippen LogP contribution in [0.15, 0.2) is 12.3 Å². The normalized spacial score (nSPS) is 11.1. The van der Waals surface area contributed by atoms with Crippen molar-refractivity contribution in [3.63, 3.8) is 0 Å². The van der Waals surface area contributed by atoms with Gasteiger partial charge in [-0.05, 0) is 6.92 Å². The van der Waals surface area contributed by atoms with Gasteiger partial charge < -0.3 is 5.01 Å². The average Bonchev–Trinajstić information content (AvgIpc) is 1.67. The second-order valence-corrected chi connectivity index (χ2v) is 1.63. The van der Waals surface area contributed by atoms with Crippen LogP contribution in [0.1, 0.15) is 6.92 Å². The lowest BCUT2D eigenvalue weighted by Crippen LogP contribution is -2.38. The highest BCUT2D eigenvalue weighted by atomic mass is 15.7. The fourth-order valence-corrected chi connectivity index (χ4v) is 0.321. The molecule has 0 spiro atoms. The van der Waals surface area contributed by atoms with E-state index in [1.807, 2.05) is 26.2 Å². The molecule has 0 radical (unpaired) electrons. The highest BCUT2D eigenvalue weighted by molar-refractivity contribution is 4.72. The van der Waals surface area contributed by atoms with Gasteiger partial charge in [0.15, 0.2) is 0 Å². The Bertz CT molecular complexity index is 77.7. The van der Waals surface area contributed by atoms with Gasteiger partial charge >= 0.3 is 0 Å². The van der Waals surface area contributed by atoms with Gasteiger partial charge in [-0.1, -0.05) is 6.08 Å². The molecular formula is C5H13N3. The molecule has 8 heavy (non-hydrogen) atoms. The van der Waals surface area contributed by atoms with Crippen molar-refractivity contribution in [2.45, 2.75) is 6.92 Å². The van der Waals surface area contributed by atoms with Crippen molar-refractivity contribution in [2.24, 2.45) is 5.84 Å². The van der Waals surface area contributed by atoms with Crippen molar-refractivity contribution < 1.29 is 0 Å². The van der Waals surface area contributed by atoms with Crippen molar-refractivity contribution in [3.8, 4) is 0 Å². The molecule has 0 saturated carbocycles. The summed E-state index contributed by atoms with van der Waals surface area (Å²) in [5.41, 5.74) is 0. The van der Waals surface area contributed by atoms with Gasteiger partial charge in [0.05, 0.1) is 0 Å². The standard InChI is InChI=1S/C5H13N3/c1-4-5-7(2)8(3)6/h4-5H,6H2,1-3H3/b5-4-. The lowest BCUT2D eigenvalue weighted by Gasteiger charge is -2.20. The predicted octanol–water partition coefficient (Wildman–Crippen LogP) is 0.172. The first kappa shape index (κ1) is 7.46. The highest BCUT2D eigenvalue weighted by Crippen LogP contribution is 1.81. The summed E-state index contributed by atoms with van der Waals surface area (Å²) in [5, 5.41) is 3.28. The minimum Gasteiger partial charge on any atom is -0.304 e. The molecular weight excluding hydrogens is 102 g/mol. The average molecular weight is 115 g/mol. The minimum atomic E-state index is 1.50. The topological polar surface area (TPSA) is 32.5 Å². The van der Waals surface area contributed by atoms with E-state index in [2.05, 4.69) is 0 Å². The van der Waals surface area contributed by atoms with E-state index in [-0.39, 0.29) is 0 Å². The molecule has 0 aliphatic heterocycles. The second kappa shape index (κ2) is 3.46. The molecule has 0 aliphatic rings. The first-order valence-corrected chi connectivity index (χ1v) is 2.52. The van der Waals surface area contributed by atoms with Gasteiger partial charge in [0.25, 0.3) is 0 Å². The molecule has 0 bridgehead atoms. The van der Waals surface area contributed by atoms with Crippen LogP contribution in [0.3, 0.4) is 0 Å². The van der Waals surface area contributed by atoms with Crippen LogP contribution in [0.25, 0.3) is 0 Å². The smallest absolute Gasteiger partial charge is 0.0241 e. The summed E-state index contributed by atoms with van der Waals surface area (Å²) in [6.07, 6.45) is 3.80. The first-order chi connectivity index (χ1) is 3.68. The fraction of sp³-hybridized carbons (Fsp3) is 0.600. The monoisotopic (exact) mass is 115 g/mol. The number of rotatable bonds is 2. The molecule has 0 heterocycles. The Labute approximate surface area is 50.3 Å². The van der Waals surface area contributed by atoms with Crippen molar-refractivity contribution in [2.75, 3.05) is 14.1 Å². The third-order valence-electron chi connectivity index (χ3n) is 0.862. The maximum atomic E-state index is 5.33. The molecule has 3 heteroatoms. The molecule has 48 valence electrons. The van der Waals surface area contributed by atoms with E-state index >= 15 is 0 Å². The summed E-state index contributed by atoms with van der Waals surface area (Å²) in [7, 11) is 3.65. The molecule has 3 nitrogen and oxygen atoms in total. The van der Waals surface area contributed by atoms with Crippen LogP contribution < -0.4 is 5.84 Å². The van der Waals surface area contributed by atoms with E-state index in [0.29, 0.717) is 0 Å². The Morgan fingerprint density at radius 3 is 2.00 bits per heavy atom. The van der Waals surface area contributed by atoms with Crippen LogP contribution in [0.4, 0.5) is 0 Å². The lowest BCUT2D eigenvalue weighted by atomic mass is 10.7. The first-order valence-electron chi connectivity index (χ1n) is 2.52. The number of nitrogens with zero attached hydrogens (tertiary/aromatic N) is 2. The summed E-state index contributed by atoms with van der Waals surface area (Å²) >= 11 is 0. The number of hydrogen-bond acceptors (Lipinski definition) is 3. The van der Waals surface area contributed by atoms with E-state index in [4.69, 9.17) is 5.84 Å². The van der Waals surface area contributed by atoms with E-state index in [1.54, 1.807) is 12.1 Å².